The number of nitrogens with zero attached hydrogens (tertiary/aromatic N) is 3. The van der Waals surface area contributed by atoms with E-state index in [9.17, 15) is 0 Å². The van der Waals surface area contributed by atoms with E-state index in [2.05, 4.69) is 15.0 Å². The molecule has 0 atom stereocenters. The van der Waals surface area contributed by atoms with E-state index in [1.54, 1.807) is 12.4 Å². The Morgan fingerprint density at radius 1 is 1.22 bits per heavy atom. The van der Waals surface area contributed by atoms with Crippen LogP contribution in [0.2, 0.25) is 0 Å². The van der Waals surface area contributed by atoms with Gasteiger partial charge in [-0.05, 0) is 12.1 Å². The van der Waals surface area contributed by atoms with Gasteiger partial charge in [-0.15, -0.1) is 0 Å². The monoisotopic (exact) mass is 261 g/mol. The molecule has 2 aromatic heterocycles. The van der Waals surface area contributed by atoms with Gasteiger partial charge in [0, 0.05) is 48.6 Å². The molecule has 4 nitrogen and oxygen atoms in total. The first-order valence-electron chi connectivity index (χ1n) is 6.08. The molecule has 0 unspecified atom stereocenters. The van der Waals surface area contributed by atoms with Gasteiger partial charge >= 0.3 is 0 Å². The van der Waals surface area contributed by atoms with Gasteiger partial charge < -0.3 is 4.52 Å². The Kier molecular flexibility index (Phi) is 3.61. The van der Waals surface area contributed by atoms with Crippen LogP contribution in [-0.2, 0) is 6.54 Å². The molecule has 3 heterocycles. The molecule has 1 saturated heterocycles. The lowest BCUT2D eigenvalue weighted by molar-refractivity contribution is 0.251. The summed E-state index contributed by atoms with van der Waals surface area (Å²) >= 11 is 2.02. The Morgan fingerprint density at radius 2 is 2.00 bits per heavy atom. The molecule has 1 aliphatic rings. The fourth-order valence-electron chi connectivity index (χ4n) is 2.03. The Bertz CT molecular complexity index is 494. The minimum Gasteiger partial charge on any atom is -0.359 e. The Morgan fingerprint density at radius 3 is 2.78 bits per heavy atom. The Labute approximate surface area is 110 Å². The van der Waals surface area contributed by atoms with Crippen LogP contribution in [0.5, 0.6) is 0 Å². The minimum absolute atomic E-state index is 0.860. The smallest absolute Gasteiger partial charge is 0.151 e. The first kappa shape index (κ1) is 11.7. The molecule has 0 saturated carbocycles. The number of thioether (sulfide) groups is 1. The molecule has 0 amide bonds. The molecule has 94 valence electrons. The number of hydrogen-bond acceptors (Lipinski definition) is 5. The summed E-state index contributed by atoms with van der Waals surface area (Å²) in [6.45, 7) is 3.13. The van der Waals surface area contributed by atoms with Gasteiger partial charge in [-0.1, -0.05) is 5.16 Å². The highest BCUT2D eigenvalue weighted by molar-refractivity contribution is 7.99. The second-order valence-electron chi connectivity index (χ2n) is 4.30. The zero-order valence-corrected chi connectivity index (χ0v) is 10.9. The predicted octanol–water partition coefficient (Wildman–Crippen LogP) is 2.29. The third-order valence-electron chi connectivity index (χ3n) is 3.02. The van der Waals surface area contributed by atoms with Gasteiger partial charge in [0.25, 0.3) is 0 Å². The molecular weight excluding hydrogens is 246 g/mol. The molecule has 1 aliphatic heterocycles. The predicted molar refractivity (Wildman–Crippen MR) is 72.3 cm³/mol. The minimum atomic E-state index is 0.860. The quantitative estimate of drug-likeness (QED) is 0.848. The summed E-state index contributed by atoms with van der Waals surface area (Å²) in [6.07, 6.45) is 3.54. The largest absolute Gasteiger partial charge is 0.359 e. The molecule has 0 aromatic carbocycles. The van der Waals surface area contributed by atoms with Gasteiger partial charge in [-0.2, -0.15) is 11.8 Å². The van der Waals surface area contributed by atoms with E-state index < -0.39 is 0 Å². The number of pyridine rings is 1. The molecule has 0 aliphatic carbocycles. The fourth-order valence-corrected chi connectivity index (χ4v) is 3.00. The summed E-state index contributed by atoms with van der Waals surface area (Å²) in [4.78, 5) is 6.41. The molecule has 2 aromatic rings. The van der Waals surface area contributed by atoms with Crippen LogP contribution in [0, 0.1) is 0 Å². The normalized spacial score (nSPS) is 16.9. The lowest BCUT2D eigenvalue weighted by Crippen LogP contribution is -2.31. The van der Waals surface area contributed by atoms with Gasteiger partial charge in [0.1, 0.15) is 5.69 Å². The van der Waals surface area contributed by atoms with E-state index in [1.807, 2.05) is 30.0 Å². The van der Waals surface area contributed by atoms with Crippen molar-refractivity contribution < 1.29 is 4.52 Å². The molecule has 1 fully saturated rings. The maximum Gasteiger partial charge on any atom is 0.151 e. The van der Waals surface area contributed by atoms with Crippen LogP contribution in [0.15, 0.2) is 35.1 Å². The van der Waals surface area contributed by atoms with Crippen molar-refractivity contribution in [2.75, 3.05) is 24.6 Å². The Hall–Kier alpha value is -1.33. The van der Waals surface area contributed by atoms with Crippen molar-refractivity contribution in [3.8, 4) is 11.3 Å². The summed E-state index contributed by atoms with van der Waals surface area (Å²) in [7, 11) is 0. The maximum absolute atomic E-state index is 5.40. The number of aromatic nitrogens is 2. The van der Waals surface area contributed by atoms with E-state index in [0.29, 0.717) is 0 Å². The molecule has 18 heavy (non-hydrogen) atoms. The summed E-state index contributed by atoms with van der Waals surface area (Å²) in [6, 6.07) is 5.91. The van der Waals surface area contributed by atoms with Crippen LogP contribution < -0.4 is 0 Å². The SMILES string of the molecule is c1cc(-c2cc(CN3CCSCC3)on2)ccn1. The van der Waals surface area contributed by atoms with E-state index in [1.165, 1.54) is 11.5 Å². The lowest BCUT2D eigenvalue weighted by Gasteiger charge is -2.24. The number of rotatable bonds is 3. The Balaban J connectivity index is 1.69. The topological polar surface area (TPSA) is 42.2 Å². The average Bonchev–Trinajstić information content (AvgIpc) is 2.89. The highest BCUT2D eigenvalue weighted by Gasteiger charge is 2.14. The van der Waals surface area contributed by atoms with Crippen molar-refractivity contribution in [3.05, 3.63) is 36.4 Å². The number of hydrogen-bond donors (Lipinski definition) is 0. The summed E-state index contributed by atoms with van der Waals surface area (Å²) in [5.74, 6) is 3.37. The molecule has 0 spiro atoms. The summed E-state index contributed by atoms with van der Waals surface area (Å²) in [5, 5.41) is 4.12. The third-order valence-corrected chi connectivity index (χ3v) is 3.96. The van der Waals surface area contributed by atoms with Crippen molar-refractivity contribution in [2.45, 2.75) is 6.54 Å². The van der Waals surface area contributed by atoms with Crippen molar-refractivity contribution in [1.29, 1.82) is 0 Å². The molecular formula is C13H15N3OS. The summed E-state index contributed by atoms with van der Waals surface area (Å²) < 4.78 is 5.40. The van der Waals surface area contributed by atoms with Crippen LogP contribution >= 0.6 is 11.8 Å². The van der Waals surface area contributed by atoms with Crippen LogP contribution in [-0.4, -0.2) is 39.6 Å². The molecule has 5 heteroatoms. The van der Waals surface area contributed by atoms with Crippen molar-refractivity contribution in [1.82, 2.24) is 15.0 Å². The van der Waals surface area contributed by atoms with Crippen LogP contribution in [0.1, 0.15) is 5.76 Å². The standard InChI is InChI=1S/C13H15N3OS/c1-3-14-4-2-11(1)13-9-12(17-15-13)10-16-5-7-18-8-6-16/h1-4,9H,5-8,10H2. The van der Waals surface area contributed by atoms with Crippen LogP contribution in [0.3, 0.4) is 0 Å². The third kappa shape index (κ3) is 2.73. The summed E-state index contributed by atoms with van der Waals surface area (Å²) in [5.41, 5.74) is 1.94. The highest BCUT2D eigenvalue weighted by Crippen LogP contribution is 2.20. The van der Waals surface area contributed by atoms with Gasteiger partial charge in [0.2, 0.25) is 0 Å². The van der Waals surface area contributed by atoms with Crippen LogP contribution in [0.25, 0.3) is 11.3 Å². The highest BCUT2D eigenvalue weighted by atomic mass is 32.2. The van der Waals surface area contributed by atoms with Crippen molar-refractivity contribution in [3.63, 3.8) is 0 Å². The van der Waals surface area contributed by atoms with E-state index in [4.69, 9.17) is 4.52 Å². The van der Waals surface area contributed by atoms with Crippen molar-refractivity contribution in [2.24, 2.45) is 0 Å². The first-order chi connectivity index (χ1) is 8.92. The molecule has 0 bridgehead atoms. The second-order valence-corrected chi connectivity index (χ2v) is 5.53. The molecule has 0 N–H and O–H groups in total. The van der Waals surface area contributed by atoms with E-state index >= 15 is 0 Å². The second kappa shape index (κ2) is 5.54. The van der Waals surface area contributed by atoms with Crippen molar-refractivity contribution >= 4 is 11.8 Å². The van der Waals surface area contributed by atoms with Crippen LogP contribution in [0.4, 0.5) is 0 Å². The fraction of sp³-hybridized carbons (Fsp3) is 0.385. The van der Waals surface area contributed by atoms with Gasteiger partial charge in [-0.3, -0.25) is 9.88 Å². The molecule has 0 radical (unpaired) electrons. The lowest BCUT2D eigenvalue weighted by atomic mass is 10.2. The maximum atomic E-state index is 5.40. The first-order valence-corrected chi connectivity index (χ1v) is 7.23. The van der Waals surface area contributed by atoms with Gasteiger partial charge in [0.15, 0.2) is 5.76 Å². The zero-order chi connectivity index (χ0) is 12.2. The zero-order valence-electron chi connectivity index (χ0n) is 10.1. The van der Waals surface area contributed by atoms with Gasteiger partial charge in [-0.25, -0.2) is 0 Å². The van der Waals surface area contributed by atoms with Gasteiger partial charge in [0.05, 0.1) is 6.54 Å². The average molecular weight is 261 g/mol. The van der Waals surface area contributed by atoms with E-state index in [-0.39, 0.29) is 0 Å². The molecule has 3 rings (SSSR count). The van der Waals surface area contributed by atoms with E-state index in [0.717, 1.165) is 36.7 Å².